The molecule has 0 aromatic heterocycles. The topological polar surface area (TPSA) is 37.3 Å². The van der Waals surface area contributed by atoms with Crippen LogP contribution in [0.3, 0.4) is 0 Å². The zero-order chi connectivity index (χ0) is 7.56. The minimum Gasteiger partial charge on any atom is -0.479 e. The Balaban J connectivity index is 2.39. The predicted molar refractivity (Wildman–Crippen MR) is 34.5 cm³/mol. The van der Waals surface area contributed by atoms with Crippen LogP contribution in [-0.4, -0.2) is 17.2 Å². The Morgan fingerprint density at radius 2 is 2.00 bits per heavy atom. The Kier molecular flexibility index (Phi) is 2.25. The van der Waals surface area contributed by atoms with Crippen molar-refractivity contribution in [1.82, 2.24) is 0 Å². The number of carboxylic acids is 1. The van der Waals surface area contributed by atoms with Gasteiger partial charge in [0.1, 0.15) is 0 Å². The van der Waals surface area contributed by atoms with E-state index in [9.17, 15) is 9.18 Å². The van der Waals surface area contributed by atoms with Crippen LogP contribution in [0.2, 0.25) is 0 Å². The van der Waals surface area contributed by atoms with Crippen LogP contribution in [0.5, 0.6) is 0 Å². The van der Waals surface area contributed by atoms with E-state index in [1.54, 1.807) is 0 Å². The van der Waals surface area contributed by atoms with Gasteiger partial charge in [0.15, 0.2) is 6.17 Å². The molecule has 1 atom stereocenters. The Bertz CT molecular complexity index is 130. The highest BCUT2D eigenvalue weighted by atomic mass is 19.1. The van der Waals surface area contributed by atoms with E-state index in [0.717, 1.165) is 25.7 Å². The van der Waals surface area contributed by atoms with Gasteiger partial charge in [-0.3, -0.25) is 0 Å². The molecule has 0 heterocycles. The van der Waals surface area contributed by atoms with Crippen molar-refractivity contribution in [2.24, 2.45) is 5.92 Å². The lowest BCUT2D eigenvalue weighted by Crippen LogP contribution is -2.22. The summed E-state index contributed by atoms with van der Waals surface area (Å²) in [5.41, 5.74) is 0. The quantitative estimate of drug-likeness (QED) is 0.642. The minimum absolute atomic E-state index is 0.211. The van der Waals surface area contributed by atoms with Crippen LogP contribution >= 0.6 is 0 Å². The first-order chi connectivity index (χ1) is 4.72. The van der Waals surface area contributed by atoms with E-state index in [0.29, 0.717) is 0 Å². The summed E-state index contributed by atoms with van der Waals surface area (Å²) < 4.78 is 12.6. The lowest BCUT2D eigenvalue weighted by atomic mass is 10.0. The third-order valence-electron chi connectivity index (χ3n) is 2.05. The summed E-state index contributed by atoms with van der Waals surface area (Å²) in [6, 6.07) is 0. The summed E-state index contributed by atoms with van der Waals surface area (Å²) in [5, 5.41) is 8.27. The van der Waals surface area contributed by atoms with E-state index in [-0.39, 0.29) is 5.92 Å². The number of halogens is 1. The molecule has 0 radical (unpaired) electrons. The van der Waals surface area contributed by atoms with Crippen molar-refractivity contribution in [2.75, 3.05) is 0 Å². The van der Waals surface area contributed by atoms with Gasteiger partial charge in [0.05, 0.1) is 0 Å². The van der Waals surface area contributed by atoms with Gasteiger partial charge in [-0.2, -0.15) is 0 Å². The summed E-state index contributed by atoms with van der Waals surface area (Å²) in [5.74, 6) is -1.51. The Hall–Kier alpha value is -0.600. The predicted octanol–water partition coefficient (Wildman–Crippen LogP) is 1.60. The van der Waals surface area contributed by atoms with Crippen LogP contribution in [0.25, 0.3) is 0 Å². The molecule has 58 valence electrons. The summed E-state index contributed by atoms with van der Waals surface area (Å²) in [7, 11) is 0. The molecule has 1 rings (SSSR count). The molecular weight excluding hydrogens is 135 g/mol. The molecule has 0 aromatic rings. The van der Waals surface area contributed by atoms with Gasteiger partial charge in [0.25, 0.3) is 0 Å². The number of aliphatic carboxylic acids is 1. The molecule has 1 aliphatic carbocycles. The fourth-order valence-corrected chi connectivity index (χ4v) is 1.45. The molecule has 1 saturated carbocycles. The molecule has 0 aromatic carbocycles. The molecule has 1 aliphatic rings. The van der Waals surface area contributed by atoms with E-state index in [2.05, 4.69) is 0 Å². The van der Waals surface area contributed by atoms with Gasteiger partial charge in [-0.15, -0.1) is 0 Å². The smallest absolute Gasteiger partial charge is 0.338 e. The fraction of sp³-hybridized carbons (Fsp3) is 0.857. The number of rotatable bonds is 2. The van der Waals surface area contributed by atoms with Crippen molar-refractivity contribution in [1.29, 1.82) is 0 Å². The maximum atomic E-state index is 12.6. The Morgan fingerprint density at radius 3 is 2.40 bits per heavy atom. The van der Waals surface area contributed by atoms with Gasteiger partial charge in [-0.1, -0.05) is 12.8 Å². The van der Waals surface area contributed by atoms with Gasteiger partial charge in [-0.25, -0.2) is 9.18 Å². The number of carboxylic acid groups (broad SMARTS) is 1. The van der Waals surface area contributed by atoms with Crippen LogP contribution in [0.15, 0.2) is 0 Å². The molecule has 0 aliphatic heterocycles. The molecule has 0 spiro atoms. The average molecular weight is 146 g/mol. The van der Waals surface area contributed by atoms with Crippen molar-refractivity contribution in [2.45, 2.75) is 31.9 Å². The zero-order valence-electron chi connectivity index (χ0n) is 5.72. The van der Waals surface area contributed by atoms with E-state index in [1.165, 1.54) is 0 Å². The normalized spacial score (nSPS) is 22.9. The van der Waals surface area contributed by atoms with Crippen molar-refractivity contribution < 1.29 is 14.3 Å². The first kappa shape index (κ1) is 7.51. The van der Waals surface area contributed by atoms with E-state index in [4.69, 9.17) is 5.11 Å². The summed E-state index contributed by atoms with van der Waals surface area (Å²) in [6.45, 7) is 0. The number of hydrogen-bond donors (Lipinski definition) is 1. The second kappa shape index (κ2) is 2.99. The molecule has 2 nitrogen and oxygen atoms in total. The first-order valence-electron chi connectivity index (χ1n) is 3.58. The van der Waals surface area contributed by atoms with Crippen molar-refractivity contribution in [3.05, 3.63) is 0 Å². The Labute approximate surface area is 59.0 Å². The highest BCUT2D eigenvalue weighted by Gasteiger charge is 2.29. The van der Waals surface area contributed by atoms with E-state index >= 15 is 0 Å². The number of alkyl halides is 1. The van der Waals surface area contributed by atoms with Crippen LogP contribution in [0, 0.1) is 5.92 Å². The maximum absolute atomic E-state index is 12.6. The first-order valence-corrected chi connectivity index (χ1v) is 3.58. The van der Waals surface area contributed by atoms with Crippen molar-refractivity contribution in [3.8, 4) is 0 Å². The minimum atomic E-state index is -1.62. The molecular formula is C7H11FO2. The monoisotopic (exact) mass is 146 g/mol. The lowest BCUT2D eigenvalue weighted by molar-refractivity contribution is -0.144. The third-order valence-corrected chi connectivity index (χ3v) is 2.05. The SMILES string of the molecule is O=C(O)C(F)C1CCCC1. The molecule has 1 fully saturated rings. The summed E-state index contributed by atoms with van der Waals surface area (Å²) >= 11 is 0. The molecule has 1 N–H and O–H groups in total. The number of carbonyl (C=O) groups is 1. The van der Waals surface area contributed by atoms with Crippen LogP contribution in [-0.2, 0) is 4.79 Å². The summed E-state index contributed by atoms with van der Waals surface area (Å²) in [4.78, 5) is 10.1. The van der Waals surface area contributed by atoms with Gasteiger partial charge in [0, 0.05) is 5.92 Å². The zero-order valence-corrected chi connectivity index (χ0v) is 5.72. The highest BCUT2D eigenvalue weighted by Crippen LogP contribution is 2.29. The molecule has 10 heavy (non-hydrogen) atoms. The average Bonchev–Trinajstić information content (AvgIpc) is 2.36. The summed E-state index contributed by atoms with van der Waals surface area (Å²) in [6.07, 6.45) is 1.83. The largest absolute Gasteiger partial charge is 0.479 e. The van der Waals surface area contributed by atoms with Gasteiger partial charge in [-0.05, 0) is 12.8 Å². The van der Waals surface area contributed by atoms with Gasteiger partial charge >= 0.3 is 5.97 Å². The van der Waals surface area contributed by atoms with Gasteiger partial charge < -0.3 is 5.11 Å². The van der Waals surface area contributed by atoms with Crippen molar-refractivity contribution >= 4 is 5.97 Å². The highest BCUT2D eigenvalue weighted by molar-refractivity contribution is 5.72. The van der Waals surface area contributed by atoms with Gasteiger partial charge in [0.2, 0.25) is 0 Å². The van der Waals surface area contributed by atoms with E-state index in [1.807, 2.05) is 0 Å². The second-order valence-electron chi connectivity index (χ2n) is 2.78. The second-order valence-corrected chi connectivity index (χ2v) is 2.78. The number of hydrogen-bond acceptors (Lipinski definition) is 1. The molecule has 0 amide bonds. The standard InChI is InChI=1S/C7H11FO2/c8-6(7(9)10)5-3-1-2-4-5/h5-6H,1-4H2,(H,9,10). The van der Waals surface area contributed by atoms with Crippen LogP contribution in [0.1, 0.15) is 25.7 Å². The fourth-order valence-electron chi connectivity index (χ4n) is 1.45. The van der Waals surface area contributed by atoms with Crippen molar-refractivity contribution in [3.63, 3.8) is 0 Å². The third kappa shape index (κ3) is 1.46. The maximum Gasteiger partial charge on any atom is 0.338 e. The van der Waals surface area contributed by atoms with Crippen LogP contribution in [0.4, 0.5) is 4.39 Å². The van der Waals surface area contributed by atoms with Crippen LogP contribution < -0.4 is 0 Å². The molecule has 0 saturated heterocycles. The molecule has 0 bridgehead atoms. The molecule has 1 unspecified atom stereocenters. The molecule has 3 heteroatoms. The van der Waals surface area contributed by atoms with E-state index < -0.39 is 12.1 Å². The Morgan fingerprint density at radius 1 is 1.50 bits per heavy atom. The lowest BCUT2D eigenvalue weighted by Gasteiger charge is -2.08.